The molecule has 0 fully saturated rings. The van der Waals surface area contributed by atoms with Crippen molar-refractivity contribution < 1.29 is 19.7 Å². The van der Waals surface area contributed by atoms with Crippen molar-refractivity contribution in [3.8, 4) is 11.5 Å². The number of esters is 1. The number of phenolic OH excluding ortho intramolecular Hbond substituents is 2. The first-order chi connectivity index (χ1) is 6.56. The summed E-state index contributed by atoms with van der Waals surface area (Å²) >= 11 is 0. The van der Waals surface area contributed by atoms with Gasteiger partial charge in [-0.3, -0.25) is 4.79 Å². The Morgan fingerprint density at radius 3 is 2.47 bits per heavy atom. The van der Waals surface area contributed by atoms with Gasteiger partial charge in [0.2, 0.25) is 0 Å². The molecule has 0 aliphatic rings. The van der Waals surface area contributed by atoms with Crippen LogP contribution in [0.3, 0.4) is 0 Å². The van der Waals surface area contributed by atoms with E-state index in [1.807, 2.05) is 0 Å². The molecule has 1 rings (SSSR count). The van der Waals surface area contributed by atoms with Crippen LogP contribution in [-0.4, -0.2) is 23.3 Å². The molecule has 5 nitrogen and oxygen atoms in total. The zero-order chi connectivity index (χ0) is 10.7. The van der Waals surface area contributed by atoms with Crippen LogP contribution in [0.1, 0.15) is 11.6 Å². The number of ether oxygens (including phenoxy) is 1. The molecule has 0 bridgehead atoms. The van der Waals surface area contributed by atoms with E-state index in [0.717, 1.165) is 0 Å². The molecule has 15 heavy (non-hydrogen) atoms. The zero-order valence-electron chi connectivity index (χ0n) is 8.01. The minimum atomic E-state index is -0.952. The molecule has 0 saturated heterocycles. The van der Waals surface area contributed by atoms with Gasteiger partial charge in [-0.2, -0.15) is 0 Å². The Hall–Kier alpha value is -1.46. The Labute approximate surface area is 92.9 Å². The van der Waals surface area contributed by atoms with E-state index < -0.39 is 12.0 Å². The highest BCUT2D eigenvalue weighted by Gasteiger charge is 2.17. The molecule has 0 aliphatic carbocycles. The third-order valence-corrected chi connectivity index (χ3v) is 1.81. The van der Waals surface area contributed by atoms with Crippen molar-refractivity contribution in [3.05, 3.63) is 23.8 Å². The van der Waals surface area contributed by atoms with Crippen molar-refractivity contribution in [1.82, 2.24) is 0 Å². The number of hydrogen-bond acceptors (Lipinski definition) is 5. The largest absolute Gasteiger partial charge is 0.504 e. The third kappa shape index (κ3) is 3.00. The maximum atomic E-state index is 11.0. The molecule has 1 atom stereocenters. The summed E-state index contributed by atoms with van der Waals surface area (Å²) in [6.45, 7) is 0. The van der Waals surface area contributed by atoms with E-state index in [9.17, 15) is 4.79 Å². The molecular formula is C9H12ClNO4. The summed E-state index contributed by atoms with van der Waals surface area (Å²) in [5, 5.41) is 18.2. The lowest BCUT2D eigenvalue weighted by Gasteiger charge is -2.09. The molecule has 84 valence electrons. The average Bonchev–Trinajstić information content (AvgIpc) is 2.20. The Balaban J connectivity index is 0.00000196. The number of aromatic hydroxyl groups is 2. The molecule has 0 spiro atoms. The Morgan fingerprint density at radius 2 is 2.00 bits per heavy atom. The lowest BCUT2D eigenvalue weighted by Crippen LogP contribution is -2.22. The van der Waals surface area contributed by atoms with Gasteiger partial charge in [0.15, 0.2) is 11.5 Å². The third-order valence-electron chi connectivity index (χ3n) is 1.81. The Kier molecular flexibility index (Phi) is 4.90. The van der Waals surface area contributed by atoms with Crippen LogP contribution >= 0.6 is 12.4 Å². The lowest BCUT2D eigenvalue weighted by molar-refractivity contribution is -0.142. The summed E-state index contributed by atoms with van der Waals surface area (Å²) in [5.74, 6) is -1.18. The van der Waals surface area contributed by atoms with Crippen molar-refractivity contribution in [2.45, 2.75) is 6.04 Å². The number of halogens is 1. The number of carbonyl (C=O) groups is 1. The first-order valence-corrected chi connectivity index (χ1v) is 3.91. The van der Waals surface area contributed by atoms with Gasteiger partial charge in [-0.1, -0.05) is 6.07 Å². The SMILES string of the molecule is COC(=O)[C@H](N)c1ccc(O)c(O)c1.Cl. The monoisotopic (exact) mass is 233 g/mol. The second-order valence-corrected chi connectivity index (χ2v) is 2.75. The first-order valence-electron chi connectivity index (χ1n) is 3.91. The van der Waals surface area contributed by atoms with Crippen LogP contribution in [0, 0.1) is 0 Å². The maximum absolute atomic E-state index is 11.0. The highest BCUT2D eigenvalue weighted by atomic mass is 35.5. The van der Waals surface area contributed by atoms with E-state index in [-0.39, 0.29) is 23.9 Å². The van der Waals surface area contributed by atoms with Gasteiger partial charge in [-0.05, 0) is 17.7 Å². The van der Waals surface area contributed by atoms with Gasteiger partial charge < -0.3 is 20.7 Å². The first kappa shape index (κ1) is 13.5. The molecule has 0 aromatic heterocycles. The van der Waals surface area contributed by atoms with E-state index in [1.54, 1.807) is 0 Å². The van der Waals surface area contributed by atoms with E-state index in [1.165, 1.54) is 25.3 Å². The highest BCUT2D eigenvalue weighted by Crippen LogP contribution is 2.27. The van der Waals surface area contributed by atoms with E-state index in [4.69, 9.17) is 15.9 Å². The van der Waals surface area contributed by atoms with Crippen LogP contribution in [0.2, 0.25) is 0 Å². The predicted molar refractivity (Wildman–Crippen MR) is 56.0 cm³/mol. The summed E-state index contributed by atoms with van der Waals surface area (Å²) in [7, 11) is 1.22. The Morgan fingerprint density at radius 1 is 1.40 bits per heavy atom. The van der Waals surface area contributed by atoms with E-state index in [2.05, 4.69) is 4.74 Å². The Bertz CT molecular complexity index is 356. The molecule has 1 aromatic rings. The molecular weight excluding hydrogens is 222 g/mol. The number of methoxy groups -OCH3 is 1. The number of hydrogen-bond donors (Lipinski definition) is 3. The maximum Gasteiger partial charge on any atom is 0.327 e. The second kappa shape index (κ2) is 5.43. The van der Waals surface area contributed by atoms with Crippen molar-refractivity contribution in [1.29, 1.82) is 0 Å². The van der Waals surface area contributed by atoms with Crippen molar-refractivity contribution in [2.75, 3.05) is 7.11 Å². The van der Waals surface area contributed by atoms with Gasteiger partial charge in [0.05, 0.1) is 7.11 Å². The quantitative estimate of drug-likeness (QED) is 0.516. The highest BCUT2D eigenvalue weighted by molar-refractivity contribution is 5.85. The van der Waals surface area contributed by atoms with Crippen LogP contribution in [0.5, 0.6) is 11.5 Å². The minimum Gasteiger partial charge on any atom is -0.504 e. The summed E-state index contributed by atoms with van der Waals surface area (Å²) in [6, 6.07) is 2.97. The molecule has 4 N–H and O–H groups in total. The number of rotatable bonds is 2. The number of phenols is 2. The summed E-state index contributed by atoms with van der Waals surface area (Å²) in [6.07, 6.45) is 0. The van der Waals surface area contributed by atoms with Gasteiger partial charge in [0.25, 0.3) is 0 Å². The summed E-state index contributed by atoms with van der Waals surface area (Å²) in [4.78, 5) is 11.0. The fourth-order valence-electron chi connectivity index (χ4n) is 0.997. The topological polar surface area (TPSA) is 92.8 Å². The molecule has 1 aromatic carbocycles. The van der Waals surface area contributed by atoms with Crippen molar-refractivity contribution in [3.63, 3.8) is 0 Å². The minimum absolute atomic E-state index is 0. The smallest absolute Gasteiger partial charge is 0.327 e. The molecule has 6 heteroatoms. The fraction of sp³-hybridized carbons (Fsp3) is 0.222. The molecule has 0 heterocycles. The van der Waals surface area contributed by atoms with Crippen LogP contribution in [0.25, 0.3) is 0 Å². The second-order valence-electron chi connectivity index (χ2n) is 2.75. The van der Waals surface area contributed by atoms with Crippen LogP contribution < -0.4 is 5.73 Å². The van der Waals surface area contributed by atoms with Gasteiger partial charge in [-0.15, -0.1) is 12.4 Å². The van der Waals surface area contributed by atoms with Crippen molar-refractivity contribution >= 4 is 18.4 Å². The predicted octanol–water partition coefficient (Wildman–Crippen LogP) is 0.692. The molecule has 0 amide bonds. The summed E-state index contributed by atoms with van der Waals surface area (Å²) < 4.78 is 4.43. The van der Waals surface area contributed by atoms with Gasteiger partial charge >= 0.3 is 5.97 Å². The summed E-state index contributed by atoms with van der Waals surface area (Å²) in [5.41, 5.74) is 5.88. The van der Waals surface area contributed by atoms with Crippen LogP contribution in [0.4, 0.5) is 0 Å². The van der Waals surface area contributed by atoms with Crippen LogP contribution in [0.15, 0.2) is 18.2 Å². The van der Waals surface area contributed by atoms with E-state index >= 15 is 0 Å². The standard InChI is InChI=1S/C9H11NO4.ClH/c1-14-9(13)8(10)5-2-3-6(11)7(12)4-5;/h2-4,8,11-12H,10H2,1H3;1H/t8-;/m1./s1. The molecule has 0 saturated carbocycles. The fourth-order valence-corrected chi connectivity index (χ4v) is 0.997. The van der Waals surface area contributed by atoms with Crippen molar-refractivity contribution in [2.24, 2.45) is 5.73 Å². The average molecular weight is 234 g/mol. The van der Waals surface area contributed by atoms with Gasteiger partial charge in [-0.25, -0.2) is 0 Å². The lowest BCUT2D eigenvalue weighted by atomic mass is 10.1. The zero-order valence-corrected chi connectivity index (χ0v) is 8.82. The van der Waals surface area contributed by atoms with Crippen LogP contribution in [-0.2, 0) is 9.53 Å². The molecule has 0 radical (unpaired) electrons. The molecule has 0 aliphatic heterocycles. The number of benzene rings is 1. The number of carbonyl (C=O) groups excluding carboxylic acids is 1. The molecule has 0 unspecified atom stereocenters. The van der Waals surface area contributed by atoms with E-state index in [0.29, 0.717) is 5.56 Å². The van der Waals surface area contributed by atoms with Gasteiger partial charge in [0.1, 0.15) is 6.04 Å². The number of nitrogens with two attached hydrogens (primary N) is 1. The van der Waals surface area contributed by atoms with Gasteiger partial charge in [0, 0.05) is 0 Å². The normalized spacial score (nSPS) is 11.3.